The molecule has 5 heteroatoms. The van der Waals surface area contributed by atoms with Crippen LogP contribution < -0.4 is 10.6 Å². The van der Waals surface area contributed by atoms with E-state index in [0.29, 0.717) is 12.4 Å². The fourth-order valence-electron chi connectivity index (χ4n) is 2.17. The Balaban J connectivity index is 1.87. The lowest BCUT2D eigenvalue weighted by molar-refractivity contribution is 0.248. The molecule has 0 bridgehead atoms. The van der Waals surface area contributed by atoms with Gasteiger partial charge in [-0.15, -0.1) is 0 Å². The zero-order chi connectivity index (χ0) is 15.1. The van der Waals surface area contributed by atoms with E-state index in [0.717, 1.165) is 12.8 Å². The smallest absolute Gasteiger partial charge is 0.320 e. The molecule has 112 valence electrons. The van der Waals surface area contributed by atoms with Crippen molar-refractivity contribution in [3.05, 3.63) is 48.2 Å². The molecule has 1 unspecified atom stereocenters. The van der Waals surface area contributed by atoms with Gasteiger partial charge in [0, 0.05) is 18.3 Å². The molecule has 0 spiro atoms. The molecule has 2 amide bonds. The van der Waals surface area contributed by atoms with Crippen LogP contribution in [0.2, 0.25) is 0 Å². The number of urea groups is 1. The molecule has 2 rings (SSSR count). The summed E-state index contributed by atoms with van der Waals surface area (Å²) in [5.74, 6) is 0.562. The SMILES string of the molecule is CCCC(C)NC(=O)Nc1ccn(Cc2ccccc2)n1. The maximum absolute atomic E-state index is 11.8. The van der Waals surface area contributed by atoms with Crippen LogP contribution in [0.25, 0.3) is 0 Å². The van der Waals surface area contributed by atoms with E-state index in [9.17, 15) is 4.79 Å². The van der Waals surface area contributed by atoms with E-state index in [2.05, 4.69) is 22.7 Å². The minimum atomic E-state index is -0.207. The molecule has 0 saturated heterocycles. The van der Waals surface area contributed by atoms with Gasteiger partial charge in [0.2, 0.25) is 0 Å². The molecule has 1 heterocycles. The van der Waals surface area contributed by atoms with Crippen LogP contribution in [0.3, 0.4) is 0 Å². The first-order chi connectivity index (χ1) is 10.2. The Kier molecular flexibility index (Phi) is 5.37. The predicted octanol–water partition coefficient (Wildman–Crippen LogP) is 3.24. The Morgan fingerprint density at radius 2 is 2.05 bits per heavy atom. The lowest BCUT2D eigenvalue weighted by Gasteiger charge is -2.12. The average molecular weight is 286 g/mol. The molecule has 5 nitrogen and oxygen atoms in total. The maximum atomic E-state index is 11.8. The Hall–Kier alpha value is -2.30. The van der Waals surface area contributed by atoms with Gasteiger partial charge in [0.05, 0.1) is 6.54 Å². The zero-order valence-corrected chi connectivity index (χ0v) is 12.5. The van der Waals surface area contributed by atoms with Gasteiger partial charge in [-0.3, -0.25) is 10.00 Å². The second-order valence-electron chi connectivity index (χ2n) is 5.17. The molecule has 1 atom stereocenters. The summed E-state index contributed by atoms with van der Waals surface area (Å²) in [5, 5.41) is 9.99. The number of nitrogens with one attached hydrogen (secondary N) is 2. The first kappa shape index (κ1) is 15.1. The summed E-state index contributed by atoms with van der Waals surface area (Å²) in [6.07, 6.45) is 3.88. The van der Waals surface area contributed by atoms with E-state index in [1.165, 1.54) is 5.56 Å². The van der Waals surface area contributed by atoms with E-state index < -0.39 is 0 Å². The summed E-state index contributed by atoms with van der Waals surface area (Å²) < 4.78 is 1.81. The van der Waals surface area contributed by atoms with Gasteiger partial charge < -0.3 is 5.32 Å². The quantitative estimate of drug-likeness (QED) is 0.856. The van der Waals surface area contributed by atoms with E-state index in [1.54, 1.807) is 10.7 Å². The Bertz CT molecular complexity index is 565. The van der Waals surface area contributed by atoms with Crippen molar-refractivity contribution in [2.24, 2.45) is 0 Å². The Labute approximate surface area is 125 Å². The second kappa shape index (κ2) is 7.47. The molecule has 0 radical (unpaired) electrons. The minimum absolute atomic E-state index is 0.168. The number of carbonyl (C=O) groups is 1. The molecule has 21 heavy (non-hydrogen) atoms. The maximum Gasteiger partial charge on any atom is 0.320 e. The van der Waals surface area contributed by atoms with Crippen LogP contribution in [-0.2, 0) is 6.54 Å². The van der Waals surface area contributed by atoms with E-state index in [4.69, 9.17) is 0 Å². The first-order valence-electron chi connectivity index (χ1n) is 7.32. The molecule has 0 aliphatic carbocycles. The summed E-state index contributed by atoms with van der Waals surface area (Å²) in [4.78, 5) is 11.8. The number of carbonyl (C=O) groups excluding carboxylic acids is 1. The van der Waals surface area contributed by atoms with Crippen molar-refractivity contribution < 1.29 is 4.79 Å². The molecule has 0 aliphatic heterocycles. The molecule has 0 saturated carbocycles. The standard InChI is InChI=1S/C16H22N4O/c1-3-7-13(2)17-16(21)18-15-10-11-20(19-15)12-14-8-5-4-6-9-14/h4-6,8-11,13H,3,7,12H2,1-2H3,(H2,17,18,19,21). The van der Waals surface area contributed by atoms with Crippen molar-refractivity contribution in [1.82, 2.24) is 15.1 Å². The third-order valence-corrected chi connectivity index (χ3v) is 3.17. The molecule has 1 aromatic carbocycles. The van der Waals surface area contributed by atoms with Gasteiger partial charge in [0.1, 0.15) is 0 Å². The molecular weight excluding hydrogens is 264 g/mol. The molecule has 2 aromatic rings. The summed E-state index contributed by atoms with van der Waals surface area (Å²) in [6, 6.07) is 11.8. The van der Waals surface area contributed by atoms with Crippen molar-refractivity contribution in [2.75, 3.05) is 5.32 Å². The van der Waals surface area contributed by atoms with Crippen LogP contribution in [-0.4, -0.2) is 21.9 Å². The second-order valence-corrected chi connectivity index (χ2v) is 5.17. The summed E-state index contributed by atoms with van der Waals surface area (Å²) >= 11 is 0. The number of hydrogen-bond acceptors (Lipinski definition) is 2. The van der Waals surface area contributed by atoms with Crippen LogP contribution in [0.1, 0.15) is 32.3 Å². The van der Waals surface area contributed by atoms with Crippen molar-refractivity contribution in [3.8, 4) is 0 Å². The Morgan fingerprint density at radius 1 is 1.29 bits per heavy atom. The van der Waals surface area contributed by atoms with Crippen LogP contribution in [0, 0.1) is 0 Å². The third kappa shape index (κ3) is 4.95. The van der Waals surface area contributed by atoms with E-state index in [1.807, 2.05) is 43.5 Å². The van der Waals surface area contributed by atoms with E-state index >= 15 is 0 Å². The fourth-order valence-corrected chi connectivity index (χ4v) is 2.17. The summed E-state index contributed by atoms with van der Waals surface area (Å²) in [6.45, 7) is 4.79. The van der Waals surface area contributed by atoms with Gasteiger partial charge in [-0.2, -0.15) is 5.10 Å². The van der Waals surface area contributed by atoms with Crippen LogP contribution in [0.4, 0.5) is 10.6 Å². The topological polar surface area (TPSA) is 59.0 Å². The normalized spacial score (nSPS) is 11.9. The predicted molar refractivity (Wildman–Crippen MR) is 84.3 cm³/mol. The first-order valence-corrected chi connectivity index (χ1v) is 7.32. The number of nitrogens with zero attached hydrogens (tertiary/aromatic N) is 2. The molecule has 2 N–H and O–H groups in total. The number of rotatable bonds is 6. The largest absolute Gasteiger partial charge is 0.335 e. The molecule has 0 aliphatic rings. The number of amides is 2. The van der Waals surface area contributed by atoms with Gasteiger partial charge in [0.25, 0.3) is 0 Å². The van der Waals surface area contributed by atoms with Crippen molar-refractivity contribution in [1.29, 1.82) is 0 Å². The van der Waals surface area contributed by atoms with Crippen molar-refractivity contribution in [2.45, 2.75) is 39.3 Å². The van der Waals surface area contributed by atoms with E-state index in [-0.39, 0.29) is 12.1 Å². The fraction of sp³-hybridized carbons (Fsp3) is 0.375. The highest BCUT2D eigenvalue weighted by molar-refractivity contribution is 5.88. The average Bonchev–Trinajstić information content (AvgIpc) is 2.87. The zero-order valence-electron chi connectivity index (χ0n) is 12.5. The van der Waals surface area contributed by atoms with Crippen LogP contribution in [0.5, 0.6) is 0 Å². The van der Waals surface area contributed by atoms with Crippen molar-refractivity contribution >= 4 is 11.8 Å². The number of benzene rings is 1. The summed E-state index contributed by atoms with van der Waals surface area (Å²) in [5.41, 5.74) is 1.17. The van der Waals surface area contributed by atoms with Crippen LogP contribution in [0.15, 0.2) is 42.6 Å². The molecule has 0 fully saturated rings. The summed E-state index contributed by atoms with van der Waals surface area (Å²) in [7, 11) is 0. The lowest BCUT2D eigenvalue weighted by atomic mass is 10.2. The number of anilines is 1. The monoisotopic (exact) mass is 286 g/mol. The van der Waals surface area contributed by atoms with Gasteiger partial charge >= 0.3 is 6.03 Å². The highest BCUT2D eigenvalue weighted by atomic mass is 16.2. The highest BCUT2D eigenvalue weighted by Gasteiger charge is 2.08. The number of hydrogen-bond donors (Lipinski definition) is 2. The minimum Gasteiger partial charge on any atom is -0.335 e. The van der Waals surface area contributed by atoms with Gasteiger partial charge in [-0.1, -0.05) is 43.7 Å². The Morgan fingerprint density at radius 3 is 2.76 bits per heavy atom. The van der Waals surface area contributed by atoms with Crippen molar-refractivity contribution in [3.63, 3.8) is 0 Å². The van der Waals surface area contributed by atoms with Gasteiger partial charge in [-0.05, 0) is 18.9 Å². The number of aromatic nitrogens is 2. The van der Waals surface area contributed by atoms with Crippen LogP contribution >= 0.6 is 0 Å². The third-order valence-electron chi connectivity index (χ3n) is 3.17. The molecular formula is C16H22N4O. The molecule has 1 aromatic heterocycles. The highest BCUT2D eigenvalue weighted by Crippen LogP contribution is 2.06. The van der Waals surface area contributed by atoms with Gasteiger partial charge in [-0.25, -0.2) is 4.79 Å². The lowest BCUT2D eigenvalue weighted by Crippen LogP contribution is -2.36. The van der Waals surface area contributed by atoms with Gasteiger partial charge in [0.15, 0.2) is 5.82 Å².